The van der Waals surface area contributed by atoms with E-state index in [9.17, 15) is 27.6 Å². The molecule has 0 atom stereocenters. The largest absolute Gasteiger partial charge is 0.417 e. The number of hydrogen-bond acceptors (Lipinski definition) is 6. The molecule has 0 bridgehead atoms. The fourth-order valence-electron chi connectivity index (χ4n) is 3.65. The lowest BCUT2D eigenvalue weighted by Crippen LogP contribution is -2.49. The first kappa shape index (κ1) is 22.7. The van der Waals surface area contributed by atoms with E-state index in [1.165, 1.54) is 29.2 Å². The van der Waals surface area contributed by atoms with Gasteiger partial charge in [0.2, 0.25) is 0 Å². The van der Waals surface area contributed by atoms with Crippen molar-refractivity contribution in [2.24, 2.45) is 5.92 Å². The standard InChI is InChI=1S/C22H22F3N5O3/c23-22(24,25)16-4-2-1-3-15(16)21(33)30-11-9-29(10-12-30)19-8-7-17(27-28-19)20(32)26-13-18(31)14-5-6-14/h1-4,7-8,14H,5-6,9-13H2,(H,26,32). The fourth-order valence-corrected chi connectivity index (χ4v) is 3.65. The Balaban J connectivity index is 1.33. The fraction of sp³-hybridized carbons (Fsp3) is 0.409. The first-order valence-corrected chi connectivity index (χ1v) is 10.6. The van der Waals surface area contributed by atoms with Gasteiger partial charge in [0.05, 0.1) is 17.7 Å². The van der Waals surface area contributed by atoms with Crippen molar-refractivity contribution in [2.45, 2.75) is 19.0 Å². The van der Waals surface area contributed by atoms with Crippen LogP contribution < -0.4 is 10.2 Å². The van der Waals surface area contributed by atoms with Crippen LogP contribution in [0.15, 0.2) is 36.4 Å². The Labute approximate surface area is 187 Å². The lowest BCUT2D eigenvalue weighted by Gasteiger charge is -2.35. The van der Waals surface area contributed by atoms with Gasteiger partial charge in [-0.25, -0.2) is 0 Å². The van der Waals surface area contributed by atoms with E-state index in [4.69, 9.17) is 0 Å². The number of Topliss-reactive ketones (excluding diaryl/α,β-unsaturated/α-hetero) is 1. The van der Waals surface area contributed by atoms with Crippen molar-refractivity contribution >= 4 is 23.4 Å². The number of amides is 2. The molecule has 11 heteroatoms. The Hall–Kier alpha value is -3.50. The number of rotatable bonds is 6. The van der Waals surface area contributed by atoms with Gasteiger partial charge in [0.25, 0.3) is 11.8 Å². The van der Waals surface area contributed by atoms with Crippen molar-refractivity contribution in [3.05, 3.63) is 53.2 Å². The number of piperazine rings is 1. The molecule has 2 amide bonds. The average Bonchev–Trinajstić information content (AvgIpc) is 3.67. The highest BCUT2D eigenvalue weighted by Crippen LogP contribution is 2.32. The molecule has 174 valence electrons. The third-order valence-electron chi connectivity index (χ3n) is 5.69. The number of alkyl halides is 3. The molecule has 8 nitrogen and oxygen atoms in total. The normalized spacial score (nSPS) is 16.5. The van der Waals surface area contributed by atoms with Gasteiger partial charge in [0.15, 0.2) is 17.3 Å². The second-order valence-corrected chi connectivity index (χ2v) is 8.02. The second kappa shape index (κ2) is 9.16. The smallest absolute Gasteiger partial charge is 0.352 e. The number of halogens is 3. The molecule has 1 N–H and O–H groups in total. The van der Waals surface area contributed by atoms with Crippen LogP contribution in [0, 0.1) is 5.92 Å². The summed E-state index contributed by atoms with van der Waals surface area (Å²) in [4.78, 5) is 39.7. The van der Waals surface area contributed by atoms with Gasteiger partial charge in [-0.2, -0.15) is 13.2 Å². The van der Waals surface area contributed by atoms with Crippen molar-refractivity contribution in [1.29, 1.82) is 0 Å². The molecule has 2 aromatic rings. The van der Waals surface area contributed by atoms with E-state index in [0.717, 1.165) is 18.9 Å². The highest BCUT2D eigenvalue weighted by molar-refractivity contribution is 5.96. The summed E-state index contributed by atoms with van der Waals surface area (Å²) in [6, 6.07) is 7.86. The summed E-state index contributed by atoms with van der Waals surface area (Å²) < 4.78 is 39.7. The Morgan fingerprint density at radius 3 is 2.27 bits per heavy atom. The van der Waals surface area contributed by atoms with Crippen LogP contribution in [0.5, 0.6) is 0 Å². The molecular formula is C22H22F3N5O3. The zero-order valence-electron chi connectivity index (χ0n) is 17.6. The average molecular weight is 461 g/mol. The minimum Gasteiger partial charge on any atom is -0.352 e. The molecule has 2 heterocycles. The number of benzene rings is 1. The zero-order chi connectivity index (χ0) is 23.6. The van der Waals surface area contributed by atoms with E-state index in [1.54, 1.807) is 6.07 Å². The summed E-state index contributed by atoms with van der Waals surface area (Å²) in [5, 5.41) is 10.5. The van der Waals surface area contributed by atoms with Crippen LogP contribution in [-0.4, -0.2) is 65.4 Å². The van der Waals surface area contributed by atoms with E-state index in [-0.39, 0.29) is 42.6 Å². The van der Waals surface area contributed by atoms with Crippen molar-refractivity contribution in [3.63, 3.8) is 0 Å². The van der Waals surface area contributed by atoms with Gasteiger partial charge >= 0.3 is 6.18 Å². The van der Waals surface area contributed by atoms with Crippen LogP contribution in [0.25, 0.3) is 0 Å². The maximum absolute atomic E-state index is 13.2. The second-order valence-electron chi connectivity index (χ2n) is 8.02. The Morgan fingerprint density at radius 2 is 1.67 bits per heavy atom. The number of carbonyl (C=O) groups excluding carboxylic acids is 3. The van der Waals surface area contributed by atoms with E-state index in [2.05, 4.69) is 15.5 Å². The van der Waals surface area contributed by atoms with Gasteiger partial charge in [0, 0.05) is 32.1 Å². The Bertz CT molecular complexity index is 1050. The number of nitrogens with one attached hydrogen (secondary N) is 1. The lowest BCUT2D eigenvalue weighted by molar-refractivity contribution is -0.138. The van der Waals surface area contributed by atoms with E-state index >= 15 is 0 Å². The predicted molar refractivity (Wildman–Crippen MR) is 112 cm³/mol. The van der Waals surface area contributed by atoms with Crippen LogP contribution in [0.3, 0.4) is 0 Å². The van der Waals surface area contributed by atoms with Gasteiger partial charge in [-0.3, -0.25) is 14.4 Å². The number of anilines is 1. The van der Waals surface area contributed by atoms with Gasteiger partial charge in [0.1, 0.15) is 0 Å². The molecule has 0 unspecified atom stereocenters. The SMILES string of the molecule is O=C(NCC(=O)C1CC1)c1ccc(N2CCN(C(=O)c3ccccc3C(F)(F)F)CC2)nn1. The van der Waals surface area contributed by atoms with E-state index in [1.807, 2.05) is 4.90 Å². The molecule has 2 fully saturated rings. The van der Waals surface area contributed by atoms with E-state index < -0.39 is 23.6 Å². The summed E-state index contributed by atoms with van der Waals surface area (Å²) in [6.45, 7) is 1.13. The molecule has 1 saturated heterocycles. The topological polar surface area (TPSA) is 95.5 Å². The molecule has 0 spiro atoms. The van der Waals surface area contributed by atoms with Gasteiger partial charge in [-0.15, -0.1) is 10.2 Å². The lowest BCUT2D eigenvalue weighted by atomic mass is 10.1. The van der Waals surface area contributed by atoms with Crippen LogP contribution in [-0.2, 0) is 11.0 Å². The molecule has 0 radical (unpaired) electrons. The predicted octanol–water partition coefficient (Wildman–Crippen LogP) is 2.17. The van der Waals surface area contributed by atoms with Crippen molar-refractivity contribution in [2.75, 3.05) is 37.6 Å². The maximum Gasteiger partial charge on any atom is 0.417 e. The maximum atomic E-state index is 13.2. The minimum absolute atomic E-state index is 0.0122. The highest BCUT2D eigenvalue weighted by atomic mass is 19.4. The summed E-state index contributed by atoms with van der Waals surface area (Å²) in [6.07, 6.45) is -2.86. The van der Waals surface area contributed by atoms with Crippen LogP contribution >= 0.6 is 0 Å². The van der Waals surface area contributed by atoms with Crippen LogP contribution in [0.2, 0.25) is 0 Å². The molecule has 2 aliphatic rings. The quantitative estimate of drug-likeness (QED) is 0.709. The molecule has 33 heavy (non-hydrogen) atoms. The first-order valence-electron chi connectivity index (χ1n) is 10.6. The minimum atomic E-state index is -4.61. The summed E-state index contributed by atoms with van der Waals surface area (Å²) in [7, 11) is 0. The summed E-state index contributed by atoms with van der Waals surface area (Å²) in [5.41, 5.74) is -1.23. The Morgan fingerprint density at radius 1 is 0.970 bits per heavy atom. The van der Waals surface area contributed by atoms with Crippen LogP contribution in [0.1, 0.15) is 39.3 Å². The van der Waals surface area contributed by atoms with Crippen LogP contribution in [0.4, 0.5) is 19.0 Å². The Kier molecular flexibility index (Phi) is 6.30. The number of carbonyl (C=O) groups is 3. The van der Waals surface area contributed by atoms with E-state index in [0.29, 0.717) is 18.9 Å². The summed E-state index contributed by atoms with van der Waals surface area (Å²) >= 11 is 0. The number of hydrogen-bond donors (Lipinski definition) is 1. The molecule has 4 rings (SSSR count). The third-order valence-corrected chi connectivity index (χ3v) is 5.69. The highest BCUT2D eigenvalue weighted by Gasteiger charge is 2.36. The van der Waals surface area contributed by atoms with Crippen molar-refractivity contribution < 1.29 is 27.6 Å². The van der Waals surface area contributed by atoms with Crippen molar-refractivity contribution in [1.82, 2.24) is 20.4 Å². The molecule has 1 aliphatic heterocycles. The number of ketones is 1. The van der Waals surface area contributed by atoms with Gasteiger partial charge in [-0.05, 0) is 37.1 Å². The molecule has 1 aromatic carbocycles. The third kappa shape index (κ3) is 5.29. The number of aromatic nitrogens is 2. The van der Waals surface area contributed by atoms with Crippen molar-refractivity contribution in [3.8, 4) is 0 Å². The first-order chi connectivity index (χ1) is 15.7. The monoisotopic (exact) mass is 461 g/mol. The van der Waals surface area contributed by atoms with Gasteiger partial charge < -0.3 is 15.1 Å². The molecule has 1 saturated carbocycles. The molecular weight excluding hydrogens is 439 g/mol. The number of nitrogens with zero attached hydrogens (tertiary/aromatic N) is 4. The summed E-state index contributed by atoms with van der Waals surface area (Å²) in [5.74, 6) is -0.587. The molecule has 1 aromatic heterocycles. The van der Waals surface area contributed by atoms with Gasteiger partial charge in [-0.1, -0.05) is 12.1 Å². The zero-order valence-corrected chi connectivity index (χ0v) is 17.6. The molecule has 1 aliphatic carbocycles.